The Bertz CT molecular complexity index is 379. The second-order valence-electron chi connectivity index (χ2n) is 3.65. The fourth-order valence-electron chi connectivity index (χ4n) is 1.17. The van der Waals surface area contributed by atoms with Gasteiger partial charge in [0.05, 0.1) is 17.2 Å². The van der Waals surface area contributed by atoms with Gasteiger partial charge >= 0.3 is 5.97 Å². The van der Waals surface area contributed by atoms with Crippen LogP contribution in [-0.2, 0) is 0 Å². The molecule has 16 heavy (non-hydrogen) atoms. The first kappa shape index (κ1) is 13.0. The largest absolute Gasteiger partial charge is 0.478 e. The van der Waals surface area contributed by atoms with Crippen molar-refractivity contribution in [2.24, 2.45) is 0 Å². The van der Waals surface area contributed by atoms with Gasteiger partial charge < -0.3 is 10.2 Å². The lowest BCUT2D eigenvalue weighted by molar-refractivity contribution is 0.0696. The molecule has 0 saturated heterocycles. The lowest BCUT2D eigenvalue weighted by Crippen LogP contribution is -2.03. The molecule has 0 amide bonds. The fraction of sp³-hybridized carbons (Fsp3) is 0.455. The van der Waals surface area contributed by atoms with Crippen LogP contribution in [0.5, 0.6) is 0 Å². The molecule has 4 nitrogen and oxygen atoms in total. The normalized spacial score (nSPS) is 10.8. The Kier molecular flexibility index (Phi) is 4.76. The lowest BCUT2D eigenvalue weighted by Gasteiger charge is -2.08. The van der Waals surface area contributed by atoms with Crippen LogP contribution in [0, 0.1) is 0 Å². The Labute approximate surface area is 98.7 Å². The van der Waals surface area contributed by atoms with E-state index in [1.54, 1.807) is 6.07 Å². The van der Waals surface area contributed by atoms with Gasteiger partial charge in [0, 0.05) is 11.4 Å². The minimum absolute atomic E-state index is 0.0562. The predicted octanol–water partition coefficient (Wildman–Crippen LogP) is 1.99. The summed E-state index contributed by atoms with van der Waals surface area (Å²) in [7, 11) is 0. The Morgan fingerprint density at radius 3 is 2.69 bits per heavy atom. The Balaban J connectivity index is 3.03. The summed E-state index contributed by atoms with van der Waals surface area (Å²) in [4.78, 5) is 15.3. The molecule has 0 saturated carbocycles. The van der Waals surface area contributed by atoms with Gasteiger partial charge in [-0.2, -0.15) is 0 Å². The maximum atomic E-state index is 10.9. The highest BCUT2D eigenvalue weighted by atomic mass is 32.2. The van der Waals surface area contributed by atoms with Gasteiger partial charge in [-0.25, -0.2) is 9.78 Å². The van der Waals surface area contributed by atoms with Crippen molar-refractivity contribution >= 4 is 17.7 Å². The minimum Gasteiger partial charge on any atom is -0.478 e. The molecule has 0 aliphatic heterocycles. The Hall–Kier alpha value is -1.07. The lowest BCUT2D eigenvalue weighted by atomic mass is 10.1. The van der Waals surface area contributed by atoms with Gasteiger partial charge in [0.15, 0.2) is 0 Å². The van der Waals surface area contributed by atoms with E-state index in [2.05, 4.69) is 4.98 Å². The van der Waals surface area contributed by atoms with Crippen molar-refractivity contribution in [1.29, 1.82) is 0 Å². The molecule has 1 heterocycles. The van der Waals surface area contributed by atoms with Crippen molar-refractivity contribution in [3.8, 4) is 0 Å². The minimum atomic E-state index is -0.949. The average Bonchev–Trinajstić information content (AvgIpc) is 2.25. The molecule has 88 valence electrons. The van der Waals surface area contributed by atoms with Crippen LogP contribution < -0.4 is 0 Å². The van der Waals surface area contributed by atoms with Crippen molar-refractivity contribution in [1.82, 2.24) is 4.98 Å². The van der Waals surface area contributed by atoms with Gasteiger partial charge in [-0.3, -0.25) is 0 Å². The number of carbonyl (C=O) groups is 1. The number of nitrogens with zero attached hydrogens (tertiary/aromatic N) is 1. The zero-order valence-corrected chi connectivity index (χ0v) is 10.1. The predicted molar refractivity (Wildman–Crippen MR) is 63.1 cm³/mol. The maximum absolute atomic E-state index is 10.9. The van der Waals surface area contributed by atoms with Crippen LogP contribution in [0.2, 0.25) is 0 Å². The van der Waals surface area contributed by atoms with E-state index in [1.807, 2.05) is 13.8 Å². The molecule has 2 N–H and O–H groups in total. The monoisotopic (exact) mass is 241 g/mol. The van der Waals surface area contributed by atoms with Crippen LogP contribution in [0.25, 0.3) is 0 Å². The first-order valence-electron chi connectivity index (χ1n) is 5.03. The molecule has 0 aliphatic carbocycles. The summed E-state index contributed by atoms with van der Waals surface area (Å²) in [6.45, 7) is 3.99. The fourth-order valence-corrected chi connectivity index (χ4v) is 1.85. The van der Waals surface area contributed by atoms with Crippen molar-refractivity contribution in [2.45, 2.75) is 24.8 Å². The molecule has 0 aliphatic rings. The summed E-state index contributed by atoms with van der Waals surface area (Å²) >= 11 is 1.36. The summed E-state index contributed by atoms with van der Waals surface area (Å²) in [5, 5.41) is 18.3. The van der Waals surface area contributed by atoms with Gasteiger partial charge in [-0.15, -0.1) is 11.8 Å². The van der Waals surface area contributed by atoms with Crippen LogP contribution >= 0.6 is 11.8 Å². The molecule has 0 spiro atoms. The second kappa shape index (κ2) is 5.86. The van der Waals surface area contributed by atoms with Gasteiger partial charge in [0.1, 0.15) is 0 Å². The molecular formula is C11H15NO3S. The number of aromatic carboxylic acids is 1. The van der Waals surface area contributed by atoms with E-state index in [-0.39, 0.29) is 18.1 Å². The number of rotatable bonds is 5. The average molecular weight is 241 g/mol. The van der Waals surface area contributed by atoms with Crippen LogP contribution in [-0.4, -0.2) is 33.5 Å². The Morgan fingerprint density at radius 2 is 2.19 bits per heavy atom. The molecule has 5 heteroatoms. The number of carboxylic acid groups (broad SMARTS) is 1. The first-order chi connectivity index (χ1) is 7.54. The molecule has 0 radical (unpaired) electrons. The maximum Gasteiger partial charge on any atom is 0.335 e. The van der Waals surface area contributed by atoms with E-state index in [0.717, 1.165) is 5.69 Å². The molecule has 0 aromatic carbocycles. The summed E-state index contributed by atoms with van der Waals surface area (Å²) in [6, 6.07) is 3.13. The quantitative estimate of drug-likeness (QED) is 0.771. The number of aliphatic hydroxyl groups is 1. The van der Waals surface area contributed by atoms with E-state index in [4.69, 9.17) is 10.2 Å². The van der Waals surface area contributed by atoms with Crippen molar-refractivity contribution in [3.05, 3.63) is 23.4 Å². The SMILES string of the molecule is CC(C)c1cc(C(=O)O)cc(SCCO)n1. The number of thioether (sulfide) groups is 1. The van der Waals surface area contributed by atoms with Crippen molar-refractivity contribution in [3.63, 3.8) is 0 Å². The molecule has 0 atom stereocenters. The standard InChI is InChI=1S/C11H15NO3S/c1-7(2)9-5-8(11(14)15)6-10(12-9)16-4-3-13/h5-7,13H,3-4H2,1-2H3,(H,14,15). The van der Waals surface area contributed by atoms with Crippen LogP contribution in [0.15, 0.2) is 17.2 Å². The highest BCUT2D eigenvalue weighted by molar-refractivity contribution is 7.99. The summed E-state index contributed by atoms with van der Waals surface area (Å²) in [6.07, 6.45) is 0. The van der Waals surface area contributed by atoms with Gasteiger partial charge in [0.25, 0.3) is 0 Å². The van der Waals surface area contributed by atoms with E-state index >= 15 is 0 Å². The van der Waals surface area contributed by atoms with Crippen LogP contribution in [0.1, 0.15) is 35.8 Å². The third kappa shape index (κ3) is 3.50. The van der Waals surface area contributed by atoms with Crippen molar-refractivity contribution in [2.75, 3.05) is 12.4 Å². The van der Waals surface area contributed by atoms with E-state index in [0.29, 0.717) is 10.8 Å². The van der Waals surface area contributed by atoms with Gasteiger partial charge in [-0.05, 0) is 18.1 Å². The van der Waals surface area contributed by atoms with Gasteiger partial charge in [-0.1, -0.05) is 13.8 Å². The Morgan fingerprint density at radius 1 is 1.50 bits per heavy atom. The van der Waals surface area contributed by atoms with E-state index in [1.165, 1.54) is 17.8 Å². The number of carboxylic acids is 1. The zero-order valence-electron chi connectivity index (χ0n) is 9.30. The highest BCUT2D eigenvalue weighted by Crippen LogP contribution is 2.21. The second-order valence-corrected chi connectivity index (χ2v) is 4.77. The molecule has 1 aromatic rings. The van der Waals surface area contributed by atoms with Crippen molar-refractivity contribution < 1.29 is 15.0 Å². The zero-order chi connectivity index (χ0) is 12.1. The van der Waals surface area contributed by atoms with E-state index in [9.17, 15) is 4.79 Å². The molecular weight excluding hydrogens is 226 g/mol. The molecule has 0 fully saturated rings. The molecule has 1 aromatic heterocycles. The highest BCUT2D eigenvalue weighted by Gasteiger charge is 2.10. The smallest absolute Gasteiger partial charge is 0.335 e. The van der Waals surface area contributed by atoms with Crippen LogP contribution in [0.4, 0.5) is 0 Å². The number of hydrogen-bond acceptors (Lipinski definition) is 4. The molecule has 0 bridgehead atoms. The topological polar surface area (TPSA) is 70.4 Å². The number of hydrogen-bond donors (Lipinski definition) is 2. The van der Waals surface area contributed by atoms with Crippen LogP contribution in [0.3, 0.4) is 0 Å². The number of aromatic nitrogens is 1. The summed E-state index contributed by atoms with van der Waals surface area (Å²) in [5.41, 5.74) is 1.01. The van der Waals surface area contributed by atoms with Gasteiger partial charge in [0.2, 0.25) is 0 Å². The molecule has 1 rings (SSSR count). The summed E-state index contributed by atoms with van der Waals surface area (Å²) < 4.78 is 0. The third-order valence-electron chi connectivity index (χ3n) is 2.00. The first-order valence-corrected chi connectivity index (χ1v) is 6.02. The molecule has 0 unspecified atom stereocenters. The van der Waals surface area contributed by atoms with E-state index < -0.39 is 5.97 Å². The third-order valence-corrected chi connectivity index (χ3v) is 2.89. The summed E-state index contributed by atoms with van der Waals surface area (Å²) in [5.74, 6) is -0.240. The number of pyridine rings is 1. The number of aliphatic hydroxyl groups excluding tert-OH is 1.